The number of furan rings is 3. The van der Waals surface area contributed by atoms with Gasteiger partial charge < -0.3 is 18.2 Å². The fourth-order valence-corrected chi connectivity index (χ4v) is 9.73. The van der Waals surface area contributed by atoms with E-state index in [9.17, 15) is 0 Å². The minimum Gasteiger partial charge on any atom is -0.455 e. The molecule has 0 spiro atoms. The minimum absolute atomic E-state index is 0.805. The van der Waals surface area contributed by atoms with Crippen LogP contribution in [-0.2, 0) is 0 Å². The normalized spacial score (nSPS) is 11.8. The van der Waals surface area contributed by atoms with Crippen LogP contribution in [0, 0.1) is 0 Å². The van der Waals surface area contributed by atoms with Crippen molar-refractivity contribution in [1.29, 1.82) is 0 Å². The van der Waals surface area contributed by atoms with Crippen LogP contribution >= 0.6 is 0 Å². The van der Waals surface area contributed by atoms with Crippen molar-refractivity contribution < 1.29 is 13.3 Å². The number of anilines is 3. The van der Waals surface area contributed by atoms with Crippen molar-refractivity contribution >= 4 is 82.9 Å². The molecule has 4 nitrogen and oxygen atoms in total. The first-order valence-corrected chi connectivity index (χ1v) is 21.7. The van der Waals surface area contributed by atoms with Gasteiger partial charge >= 0.3 is 0 Å². The van der Waals surface area contributed by atoms with E-state index in [4.69, 9.17) is 13.3 Å². The molecule has 10 aromatic carbocycles. The minimum atomic E-state index is 0.805. The van der Waals surface area contributed by atoms with Gasteiger partial charge in [-0.1, -0.05) is 176 Å². The summed E-state index contributed by atoms with van der Waals surface area (Å²) in [5.74, 6) is 0. The maximum Gasteiger partial charge on any atom is 0.159 e. The average molecular weight is 820 g/mol. The molecule has 3 aromatic heterocycles. The summed E-state index contributed by atoms with van der Waals surface area (Å²) in [6.07, 6.45) is 0. The zero-order valence-electron chi connectivity index (χ0n) is 34.5. The van der Waals surface area contributed by atoms with Gasteiger partial charge in [-0.2, -0.15) is 0 Å². The van der Waals surface area contributed by atoms with Crippen LogP contribution in [0.25, 0.3) is 110 Å². The number of rotatable bonds is 7. The van der Waals surface area contributed by atoms with Gasteiger partial charge in [0.05, 0.1) is 16.8 Å². The number of para-hydroxylation sites is 5. The van der Waals surface area contributed by atoms with Crippen LogP contribution in [0.2, 0.25) is 0 Å². The largest absolute Gasteiger partial charge is 0.455 e. The van der Waals surface area contributed by atoms with Crippen molar-refractivity contribution in [2.45, 2.75) is 0 Å². The molecule has 0 atom stereocenters. The van der Waals surface area contributed by atoms with Crippen LogP contribution in [-0.4, -0.2) is 0 Å². The van der Waals surface area contributed by atoms with Crippen molar-refractivity contribution in [3.8, 4) is 44.5 Å². The second-order valence-electron chi connectivity index (χ2n) is 16.3. The van der Waals surface area contributed by atoms with Gasteiger partial charge in [-0.05, 0) is 81.9 Å². The molecule has 0 aliphatic rings. The molecule has 0 fully saturated rings. The van der Waals surface area contributed by atoms with E-state index < -0.39 is 0 Å². The van der Waals surface area contributed by atoms with E-state index in [1.165, 1.54) is 11.1 Å². The molecular weight excluding hydrogens is 783 g/mol. The van der Waals surface area contributed by atoms with Gasteiger partial charge in [0, 0.05) is 43.7 Å². The van der Waals surface area contributed by atoms with Gasteiger partial charge in [0.15, 0.2) is 5.58 Å². The summed E-state index contributed by atoms with van der Waals surface area (Å²) in [5, 5.41) is 6.39. The molecule has 0 saturated carbocycles. The molecule has 0 radical (unpaired) electrons. The Kier molecular flexibility index (Phi) is 8.18. The van der Waals surface area contributed by atoms with Gasteiger partial charge in [0.1, 0.15) is 27.9 Å². The predicted octanol–water partition coefficient (Wildman–Crippen LogP) is 17.5. The first kappa shape index (κ1) is 36.1. The summed E-state index contributed by atoms with van der Waals surface area (Å²) < 4.78 is 20.4. The Morgan fingerprint density at radius 3 is 1.34 bits per heavy atom. The van der Waals surface area contributed by atoms with E-state index in [2.05, 4.69) is 199 Å². The molecule has 0 aliphatic carbocycles. The molecule has 13 rings (SSSR count). The van der Waals surface area contributed by atoms with Gasteiger partial charge in [0.2, 0.25) is 0 Å². The van der Waals surface area contributed by atoms with E-state index in [1.54, 1.807) is 0 Å². The highest BCUT2D eigenvalue weighted by Crippen LogP contribution is 2.50. The number of nitrogens with zero attached hydrogens (tertiary/aromatic N) is 1. The zero-order chi connectivity index (χ0) is 42.1. The van der Waals surface area contributed by atoms with Crippen LogP contribution in [0.3, 0.4) is 0 Å². The van der Waals surface area contributed by atoms with Crippen LogP contribution in [0.1, 0.15) is 0 Å². The number of hydrogen-bond donors (Lipinski definition) is 0. The highest BCUT2D eigenvalue weighted by molar-refractivity contribution is 6.20. The molecule has 0 N–H and O–H groups in total. The topological polar surface area (TPSA) is 42.7 Å². The molecule has 64 heavy (non-hydrogen) atoms. The molecule has 0 saturated heterocycles. The monoisotopic (exact) mass is 819 g/mol. The standard InChI is InChI=1S/C60H37NO3/c1-2-14-38(15-3-1)39-28-30-40(31-29-39)41-32-34-42(35-33-41)61(53-24-13-23-49-46-19-7-10-26-55(46)63-59(49)53)52-37-36-50(60-57(52)51-20-8-11-27-56(51)64-60)44-17-5-4-16-43(44)47-21-12-22-48-45-18-6-9-25-54(45)62-58(47)48/h1-37H. The first-order valence-electron chi connectivity index (χ1n) is 21.7. The highest BCUT2D eigenvalue weighted by Gasteiger charge is 2.26. The molecule has 300 valence electrons. The fraction of sp³-hybridized carbons (Fsp3) is 0. The van der Waals surface area contributed by atoms with Gasteiger partial charge in [-0.25, -0.2) is 0 Å². The predicted molar refractivity (Wildman–Crippen MR) is 265 cm³/mol. The third-order valence-electron chi connectivity index (χ3n) is 12.7. The lowest BCUT2D eigenvalue weighted by Crippen LogP contribution is -2.11. The molecule has 0 aliphatic heterocycles. The van der Waals surface area contributed by atoms with Crippen molar-refractivity contribution in [2.24, 2.45) is 0 Å². The number of benzene rings is 10. The Morgan fingerprint density at radius 1 is 0.250 bits per heavy atom. The van der Waals surface area contributed by atoms with Crippen LogP contribution in [0.15, 0.2) is 238 Å². The maximum atomic E-state index is 7.01. The highest BCUT2D eigenvalue weighted by atomic mass is 16.3. The summed E-state index contributed by atoms with van der Waals surface area (Å²) in [6, 6.07) is 79.0. The molecule has 0 amide bonds. The van der Waals surface area contributed by atoms with Crippen molar-refractivity contribution in [1.82, 2.24) is 0 Å². The lowest BCUT2D eigenvalue weighted by molar-refractivity contribution is 0.668. The zero-order valence-corrected chi connectivity index (χ0v) is 34.5. The molecule has 13 aromatic rings. The molecular formula is C60H37NO3. The summed E-state index contributed by atoms with van der Waals surface area (Å²) in [5.41, 5.74) is 16.8. The van der Waals surface area contributed by atoms with Crippen molar-refractivity contribution in [3.63, 3.8) is 0 Å². The van der Waals surface area contributed by atoms with Gasteiger partial charge in [0.25, 0.3) is 0 Å². The summed E-state index contributed by atoms with van der Waals surface area (Å²) in [7, 11) is 0. The van der Waals surface area contributed by atoms with Crippen LogP contribution < -0.4 is 4.90 Å². The smallest absolute Gasteiger partial charge is 0.159 e. The Bertz CT molecular complexity index is 3890. The third kappa shape index (κ3) is 5.70. The number of hydrogen-bond acceptors (Lipinski definition) is 4. The Hall–Kier alpha value is -8.60. The lowest BCUT2D eigenvalue weighted by Gasteiger charge is -2.27. The summed E-state index contributed by atoms with van der Waals surface area (Å²) in [6.45, 7) is 0. The van der Waals surface area contributed by atoms with E-state index in [0.29, 0.717) is 0 Å². The van der Waals surface area contributed by atoms with Crippen molar-refractivity contribution in [3.05, 3.63) is 224 Å². The molecule has 4 heteroatoms. The quantitative estimate of drug-likeness (QED) is 0.161. The van der Waals surface area contributed by atoms with Crippen LogP contribution in [0.4, 0.5) is 17.1 Å². The summed E-state index contributed by atoms with van der Waals surface area (Å²) in [4.78, 5) is 2.34. The Morgan fingerprint density at radius 2 is 0.688 bits per heavy atom. The van der Waals surface area contributed by atoms with Gasteiger partial charge in [-0.15, -0.1) is 0 Å². The Labute approximate surface area is 368 Å². The molecule has 0 unspecified atom stereocenters. The maximum absolute atomic E-state index is 7.01. The van der Waals surface area contributed by atoms with Crippen LogP contribution in [0.5, 0.6) is 0 Å². The number of fused-ring (bicyclic) bond motifs is 9. The third-order valence-corrected chi connectivity index (χ3v) is 12.7. The second kappa shape index (κ2) is 14.5. The second-order valence-corrected chi connectivity index (χ2v) is 16.3. The Balaban J connectivity index is 1.02. The average Bonchev–Trinajstić information content (AvgIpc) is 4.07. The fourth-order valence-electron chi connectivity index (χ4n) is 9.73. The van der Waals surface area contributed by atoms with E-state index in [0.717, 1.165) is 116 Å². The first-order chi connectivity index (χ1) is 31.7. The molecule has 3 heterocycles. The van der Waals surface area contributed by atoms with E-state index in [1.807, 2.05) is 30.3 Å². The summed E-state index contributed by atoms with van der Waals surface area (Å²) >= 11 is 0. The van der Waals surface area contributed by atoms with E-state index >= 15 is 0 Å². The van der Waals surface area contributed by atoms with E-state index in [-0.39, 0.29) is 0 Å². The van der Waals surface area contributed by atoms with Gasteiger partial charge in [-0.3, -0.25) is 0 Å². The van der Waals surface area contributed by atoms with Crippen molar-refractivity contribution in [2.75, 3.05) is 4.90 Å². The SMILES string of the molecule is c1ccc(-c2ccc(-c3ccc(N(c4cccc5c4oc4ccccc45)c4ccc(-c5ccccc5-c5cccc6c5oc5ccccc56)c5oc6ccccc6c45)cc3)cc2)cc1. The lowest BCUT2D eigenvalue weighted by atomic mass is 9.92. The molecule has 0 bridgehead atoms.